The lowest BCUT2D eigenvalue weighted by Crippen LogP contribution is -2.25. The highest BCUT2D eigenvalue weighted by Gasteiger charge is 2.32. The fourth-order valence-corrected chi connectivity index (χ4v) is 4.76. The number of fused-ring (bicyclic) bond motifs is 3. The molecule has 0 saturated heterocycles. The third-order valence-electron chi connectivity index (χ3n) is 5.24. The average Bonchev–Trinajstić information content (AvgIpc) is 3.13. The summed E-state index contributed by atoms with van der Waals surface area (Å²) in [5, 5.41) is 3.69. The van der Waals surface area contributed by atoms with Gasteiger partial charge < -0.3 is 10.1 Å². The minimum absolute atomic E-state index is 0.0987. The number of thiazole rings is 1. The molecule has 0 aliphatic carbocycles. The number of ether oxygens (including phenoxy) is 1. The van der Waals surface area contributed by atoms with Crippen molar-refractivity contribution in [2.75, 3.05) is 5.32 Å². The lowest BCUT2D eigenvalue weighted by Gasteiger charge is -2.27. The summed E-state index contributed by atoms with van der Waals surface area (Å²) in [7, 11) is 0. The first-order chi connectivity index (χ1) is 14.1. The summed E-state index contributed by atoms with van der Waals surface area (Å²) >= 11 is 1.51. The monoisotopic (exact) mass is 400 g/mol. The van der Waals surface area contributed by atoms with E-state index in [2.05, 4.69) is 25.2 Å². The molecule has 1 amide bonds. The molecule has 0 atom stereocenters. The van der Waals surface area contributed by atoms with Crippen LogP contribution < -0.4 is 10.1 Å². The number of nitrogens with one attached hydrogen (secondary N) is 1. The van der Waals surface area contributed by atoms with Crippen molar-refractivity contribution in [3.8, 4) is 11.5 Å². The van der Waals surface area contributed by atoms with Gasteiger partial charge in [-0.2, -0.15) is 0 Å². The van der Waals surface area contributed by atoms with E-state index in [0.717, 1.165) is 32.8 Å². The molecule has 5 rings (SSSR count). The number of hydrogen-bond acceptors (Lipinski definition) is 4. The van der Waals surface area contributed by atoms with Crippen LogP contribution in [0.3, 0.4) is 0 Å². The van der Waals surface area contributed by atoms with E-state index in [9.17, 15) is 4.79 Å². The summed E-state index contributed by atoms with van der Waals surface area (Å²) in [5.74, 6) is 1.28. The van der Waals surface area contributed by atoms with Crippen LogP contribution in [0.25, 0.3) is 10.2 Å². The molecule has 0 radical (unpaired) electrons. The van der Waals surface area contributed by atoms with E-state index in [1.54, 1.807) is 0 Å². The maximum atomic E-state index is 13.4. The number of carbonyl (C=O) groups is 1. The first-order valence-electron chi connectivity index (χ1n) is 9.68. The second-order valence-corrected chi connectivity index (χ2v) is 8.50. The molecule has 0 unspecified atom stereocenters. The number of carbonyl (C=O) groups excluding carboxylic acids is 1. The molecular weight excluding hydrogens is 380 g/mol. The van der Waals surface area contributed by atoms with Gasteiger partial charge in [-0.15, -0.1) is 0 Å². The van der Waals surface area contributed by atoms with Gasteiger partial charge in [0.15, 0.2) is 5.13 Å². The van der Waals surface area contributed by atoms with Gasteiger partial charge in [-0.25, -0.2) is 4.98 Å². The number of amides is 1. The number of nitrogens with zero attached hydrogens (tertiary/aromatic N) is 1. The van der Waals surface area contributed by atoms with Gasteiger partial charge in [-0.05, 0) is 29.7 Å². The summed E-state index contributed by atoms with van der Waals surface area (Å²) in [6.07, 6.45) is 0. The molecule has 2 heterocycles. The first-order valence-corrected chi connectivity index (χ1v) is 10.5. The van der Waals surface area contributed by atoms with Crippen molar-refractivity contribution in [3.63, 3.8) is 0 Å². The van der Waals surface area contributed by atoms with E-state index in [0.29, 0.717) is 11.0 Å². The molecule has 29 heavy (non-hydrogen) atoms. The number of rotatable bonds is 3. The van der Waals surface area contributed by atoms with Gasteiger partial charge in [0.05, 0.1) is 16.1 Å². The molecule has 144 valence electrons. The van der Waals surface area contributed by atoms with Crippen LogP contribution in [0.4, 0.5) is 5.13 Å². The van der Waals surface area contributed by atoms with Crippen molar-refractivity contribution in [3.05, 3.63) is 83.4 Å². The smallest absolute Gasteiger partial charge is 0.238 e. The van der Waals surface area contributed by atoms with E-state index in [4.69, 9.17) is 9.72 Å². The molecule has 4 nitrogen and oxygen atoms in total. The highest BCUT2D eigenvalue weighted by Crippen LogP contribution is 2.44. The summed E-state index contributed by atoms with van der Waals surface area (Å²) in [4.78, 5) is 18.1. The normalized spacial score (nSPS) is 13.1. The van der Waals surface area contributed by atoms with Crippen molar-refractivity contribution in [1.29, 1.82) is 0 Å². The zero-order valence-electron chi connectivity index (χ0n) is 16.2. The van der Waals surface area contributed by atoms with Gasteiger partial charge in [0.2, 0.25) is 5.91 Å². The molecule has 5 heteroatoms. The van der Waals surface area contributed by atoms with Gasteiger partial charge in [0, 0.05) is 11.1 Å². The molecule has 0 spiro atoms. The van der Waals surface area contributed by atoms with Crippen molar-refractivity contribution >= 4 is 32.6 Å². The molecule has 1 aliphatic heterocycles. The van der Waals surface area contributed by atoms with E-state index in [1.807, 2.05) is 60.7 Å². The van der Waals surface area contributed by atoms with Crippen molar-refractivity contribution < 1.29 is 9.53 Å². The molecule has 0 bridgehead atoms. The Bertz CT molecular complexity index is 1180. The molecule has 1 aliphatic rings. The second-order valence-electron chi connectivity index (χ2n) is 7.47. The lowest BCUT2D eigenvalue weighted by atomic mass is 9.87. The van der Waals surface area contributed by atoms with E-state index >= 15 is 0 Å². The predicted molar refractivity (Wildman–Crippen MR) is 117 cm³/mol. The van der Waals surface area contributed by atoms with Crippen molar-refractivity contribution in [2.24, 2.45) is 0 Å². The molecule has 0 saturated carbocycles. The van der Waals surface area contributed by atoms with E-state index in [-0.39, 0.29) is 5.91 Å². The SMILES string of the molecule is CC(C)c1cccc2sc(NC(=O)C3c4ccccc4Oc4ccccc43)nc12. The Balaban J connectivity index is 1.54. The van der Waals surface area contributed by atoms with Crippen molar-refractivity contribution in [2.45, 2.75) is 25.7 Å². The quantitative estimate of drug-likeness (QED) is 0.439. The molecular formula is C24H20N2O2S. The van der Waals surface area contributed by atoms with Gasteiger partial charge in [0.25, 0.3) is 0 Å². The Hall–Kier alpha value is -3.18. The number of aromatic nitrogens is 1. The number of hydrogen-bond donors (Lipinski definition) is 1. The van der Waals surface area contributed by atoms with Gasteiger partial charge >= 0.3 is 0 Å². The fraction of sp³-hybridized carbons (Fsp3) is 0.167. The van der Waals surface area contributed by atoms with Crippen LogP contribution in [-0.4, -0.2) is 10.9 Å². The molecule has 3 aromatic carbocycles. The largest absolute Gasteiger partial charge is 0.457 e. The van der Waals surface area contributed by atoms with E-state index in [1.165, 1.54) is 16.9 Å². The number of benzene rings is 3. The lowest BCUT2D eigenvalue weighted by molar-refractivity contribution is -0.116. The molecule has 1 N–H and O–H groups in total. The van der Waals surface area contributed by atoms with Gasteiger partial charge in [-0.1, -0.05) is 73.7 Å². The van der Waals surface area contributed by atoms with Crippen LogP contribution in [0, 0.1) is 0 Å². The third kappa shape index (κ3) is 3.08. The Labute approximate surface area is 173 Å². The topological polar surface area (TPSA) is 51.2 Å². The molecule has 0 fully saturated rings. The van der Waals surface area contributed by atoms with Crippen LogP contribution >= 0.6 is 11.3 Å². The average molecular weight is 401 g/mol. The minimum Gasteiger partial charge on any atom is -0.457 e. The highest BCUT2D eigenvalue weighted by molar-refractivity contribution is 7.22. The van der Waals surface area contributed by atoms with Crippen LogP contribution in [-0.2, 0) is 4.79 Å². The molecule has 1 aromatic heterocycles. The summed E-state index contributed by atoms with van der Waals surface area (Å²) in [6.45, 7) is 4.31. The van der Waals surface area contributed by atoms with Crippen LogP contribution in [0.2, 0.25) is 0 Å². The Morgan fingerprint density at radius 1 is 0.966 bits per heavy atom. The standard InChI is InChI=1S/C24H20N2O2S/c1-14(2)15-10-7-13-20-22(15)25-24(29-20)26-23(27)21-16-8-3-5-11-18(16)28-19-12-6-4-9-17(19)21/h3-14,21H,1-2H3,(H,25,26,27). The maximum absolute atomic E-state index is 13.4. The van der Waals surface area contributed by atoms with Gasteiger partial charge in [0.1, 0.15) is 11.5 Å². The minimum atomic E-state index is -0.437. The van der Waals surface area contributed by atoms with Crippen LogP contribution in [0.15, 0.2) is 66.7 Å². The number of anilines is 1. The van der Waals surface area contributed by atoms with Crippen LogP contribution in [0.5, 0.6) is 11.5 Å². The molecule has 4 aromatic rings. The van der Waals surface area contributed by atoms with Crippen LogP contribution in [0.1, 0.15) is 42.4 Å². The third-order valence-corrected chi connectivity index (χ3v) is 6.18. The Morgan fingerprint density at radius 3 is 2.28 bits per heavy atom. The predicted octanol–water partition coefficient (Wildman–Crippen LogP) is 6.30. The Morgan fingerprint density at radius 2 is 1.62 bits per heavy atom. The highest BCUT2D eigenvalue weighted by atomic mass is 32.1. The maximum Gasteiger partial charge on any atom is 0.238 e. The summed E-state index contributed by atoms with van der Waals surface area (Å²) < 4.78 is 7.09. The zero-order valence-corrected chi connectivity index (χ0v) is 17.0. The second kappa shape index (κ2) is 7.01. The van der Waals surface area contributed by atoms with Crippen molar-refractivity contribution in [1.82, 2.24) is 4.98 Å². The zero-order chi connectivity index (χ0) is 20.0. The first kappa shape index (κ1) is 17.9. The summed E-state index contributed by atoms with van der Waals surface area (Å²) in [5.41, 5.74) is 3.90. The van der Waals surface area contributed by atoms with E-state index < -0.39 is 5.92 Å². The number of para-hydroxylation sites is 3. The Kier molecular flexibility index (Phi) is 4.32. The fourth-order valence-electron chi connectivity index (χ4n) is 3.86. The van der Waals surface area contributed by atoms with Gasteiger partial charge in [-0.3, -0.25) is 4.79 Å². The summed E-state index contributed by atoms with van der Waals surface area (Å²) in [6, 6.07) is 21.6.